The quantitative estimate of drug-likeness (QED) is 0.450. The Bertz CT molecular complexity index is 426. The molecule has 0 heterocycles. The van der Waals surface area contributed by atoms with Crippen molar-refractivity contribution in [1.29, 1.82) is 0 Å². The van der Waals surface area contributed by atoms with E-state index in [2.05, 4.69) is 9.47 Å². The molecule has 0 aliphatic carbocycles. The molecule has 11 heteroatoms. The summed E-state index contributed by atoms with van der Waals surface area (Å²) in [4.78, 5) is 22.5. The fourth-order valence-corrected chi connectivity index (χ4v) is 1.11. The molecule has 0 bridgehead atoms. The second-order valence-electron chi connectivity index (χ2n) is 5.22. The van der Waals surface area contributed by atoms with E-state index in [4.69, 9.17) is 5.11 Å². The van der Waals surface area contributed by atoms with Gasteiger partial charge in [-0.2, -0.15) is 26.3 Å². The van der Waals surface area contributed by atoms with E-state index in [-0.39, 0.29) is 0 Å². The first-order valence-electron chi connectivity index (χ1n) is 6.31. The molecule has 0 aromatic heterocycles. The van der Waals surface area contributed by atoms with Gasteiger partial charge in [-0.3, -0.25) is 4.79 Å². The Morgan fingerprint density at radius 1 is 0.870 bits per heavy atom. The molecule has 0 rings (SSSR count). The van der Waals surface area contributed by atoms with E-state index in [1.165, 1.54) is 13.8 Å². The summed E-state index contributed by atoms with van der Waals surface area (Å²) in [6.07, 6.45) is -12.3. The summed E-state index contributed by atoms with van der Waals surface area (Å²) in [5, 5.41) is 8.70. The molecule has 23 heavy (non-hydrogen) atoms. The summed E-state index contributed by atoms with van der Waals surface area (Å²) in [5.74, 6) is -3.71. The smallest absolute Gasteiger partial charge is 0.437 e. The highest BCUT2D eigenvalue weighted by molar-refractivity contribution is 5.81. The third-order valence-electron chi connectivity index (χ3n) is 3.10. The highest BCUT2D eigenvalue weighted by atomic mass is 19.4. The second kappa shape index (κ2) is 6.93. The number of carbonyl (C=O) groups is 2. The summed E-state index contributed by atoms with van der Waals surface area (Å²) in [6.45, 7) is 2.85. The average Bonchev–Trinajstić information content (AvgIpc) is 2.39. The molecule has 136 valence electrons. The Morgan fingerprint density at radius 3 is 1.52 bits per heavy atom. The van der Waals surface area contributed by atoms with Crippen LogP contribution in [-0.4, -0.2) is 48.2 Å². The number of esters is 2. The number of hydrogen-bond donors (Lipinski definition) is 1. The van der Waals surface area contributed by atoms with Crippen LogP contribution in [0.15, 0.2) is 0 Å². The summed E-state index contributed by atoms with van der Waals surface area (Å²) in [7, 11) is 0. The maximum atomic E-state index is 12.3. The van der Waals surface area contributed by atoms with Crippen LogP contribution >= 0.6 is 0 Å². The van der Waals surface area contributed by atoms with Gasteiger partial charge in [0.25, 0.3) is 0 Å². The van der Waals surface area contributed by atoms with Gasteiger partial charge in [-0.1, -0.05) is 6.92 Å². The van der Waals surface area contributed by atoms with Crippen LogP contribution in [0, 0.1) is 5.41 Å². The molecule has 0 saturated carbocycles. The number of hydrogen-bond acceptors (Lipinski definition) is 5. The van der Waals surface area contributed by atoms with Crippen molar-refractivity contribution in [3.05, 3.63) is 0 Å². The number of aliphatic hydroxyl groups is 1. The fourth-order valence-electron chi connectivity index (χ4n) is 1.11. The van der Waals surface area contributed by atoms with Crippen molar-refractivity contribution in [2.24, 2.45) is 5.41 Å². The molecule has 0 atom stereocenters. The minimum atomic E-state index is -6.32. The molecule has 0 saturated heterocycles. The Hall–Kier alpha value is -1.52. The standard InChI is InChI=1S/C12H16F6O5/c1-4-9(2,3)7(19)22-5-6-23-8(20)10(21,11(13,14)15)12(16,17)18/h21H,4-6H2,1-3H3. The van der Waals surface area contributed by atoms with E-state index in [1.54, 1.807) is 6.92 Å². The van der Waals surface area contributed by atoms with Gasteiger partial charge < -0.3 is 14.6 Å². The second-order valence-corrected chi connectivity index (χ2v) is 5.22. The first-order chi connectivity index (χ1) is 10.1. The molecule has 0 aromatic carbocycles. The van der Waals surface area contributed by atoms with Gasteiger partial charge in [0.1, 0.15) is 13.2 Å². The maximum absolute atomic E-state index is 12.3. The minimum absolute atomic E-state index is 0.369. The summed E-state index contributed by atoms with van der Waals surface area (Å²) in [5.41, 5.74) is -6.56. The van der Waals surface area contributed by atoms with Crippen LogP contribution < -0.4 is 0 Å². The first-order valence-corrected chi connectivity index (χ1v) is 6.31. The van der Waals surface area contributed by atoms with Gasteiger partial charge in [-0.15, -0.1) is 0 Å². The fraction of sp³-hybridized carbons (Fsp3) is 0.833. The average molecular weight is 354 g/mol. The van der Waals surface area contributed by atoms with Crippen LogP contribution in [-0.2, 0) is 19.1 Å². The van der Waals surface area contributed by atoms with Crippen molar-refractivity contribution >= 4 is 11.9 Å². The van der Waals surface area contributed by atoms with Gasteiger partial charge in [0.05, 0.1) is 5.41 Å². The molecule has 0 fully saturated rings. The Kier molecular flexibility index (Phi) is 6.48. The number of carbonyl (C=O) groups excluding carboxylic acids is 2. The third-order valence-corrected chi connectivity index (χ3v) is 3.10. The molecule has 0 amide bonds. The Labute approximate surface area is 127 Å². The molecule has 0 aromatic rings. The van der Waals surface area contributed by atoms with Gasteiger partial charge in [0.15, 0.2) is 0 Å². The normalized spacial score (nSPS) is 13.7. The van der Waals surface area contributed by atoms with Crippen molar-refractivity contribution in [1.82, 2.24) is 0 Å². The van der Waals surface area contributed by atoms with Crippen LogP contribution in [0.3, 0.4) is 0 Å². The van der Waals surface area contributed by atoms with E-state index in [1.807, 2.05) is 0 Å². The molecular formula is C12H16F6O5. The lowest BCUT2D eigenvalue weighted by Gasteiger charge is -2.29. The molecule has 0 unspecified atom stereocenters. The highest BCUT2D eigenvalue weighted by Gasteiger charge is 2.76. The van der Waals surface area contributed by atoms with Crippen molar-refractivity contribution in [3.8, 4) is 0 Å². The largest absolute Gasteiger partial charge is 0.462 e. The van der Waals surface area contributed by atoms with Crippen LogP contribution in [0.5, 0.6) is 0 Å². The molecule has 1 N–H and O–H groups in total. The molecule has 0 aliphatic rings. The van der Waals surface area contributed by atoms with E-state index in [9.17, 15) is 35.9 Å². The number of halogens is 6. The van der Waals surface area contributed by atoms with Gasteiger partial charge in [-0.05, 0) is 20.3 Å². The SMILES string of the molecule is CCC(C)(C)C(=O)OCCOC(=O)C(O)(C(F)(F)F)C(F)(F)F. The monoisotopic (exact) mass is 354 g/mol. The van der Waals surface area contributed by atoms with E-state index in [0.717, 1.165) is 0 Å². The maximum Gasteiger partial charge on any atom is 0.437 e. The zero-order valence-corrected chi connectivity index (χ0v) is 12.5. The van der Waals surface area contributed by atoms with Crippen LogP contribution in [0.4, 0.5) is 26.3 Å². The minimum Gasteiger partial charge on any atom is -0.462 e. The lowest BCUT2D eigenvalue weighted by Crippen LogP contribution is -2.63. The molecule has 0 spiro atoms. The third kappa shape index (κ3) is 4.72. The van der Waals surface area contributed by atoms with Crippen molar-refractivity contribution < 1.29 is 50.5 Å². The Balaban J connectivity index is 4.74. The molecule has 5 nitrogen and oxygen atoms in total. The van der Waals surface area contributed by atoms with E-state index < -0.39 is 48.5 Å². The van der Waals surface area contributed by atoms with Crippen molar-refractivity contribution in [2.75, 3.05) is 13.2 Å². The molecular weight excluding hydrogens is 338 g/mol. The van der Waals surface area contributed by atoms with E-state index >= 15 is 0 Å². The first kappa shape index (κ1) is 21.5. The number of rotatable bonds is 6. The van der Waals surface area contributed by atoms with Gasteiger partial charge >= 0.3 is 29.9 Å². The van der Waals surface area contributed by atoms with Crippen LogP contribution in [0.1, 0.15) is 27.2 Å². The Morgan fingerprint density at radius 2 is 1.22 bits per heavy atom. The topological polar surface area (TPSA) is 72.8 Å². The summed E-state index contributed by atoms with van der Waals surface area (Å²) < 4.78 is 82.3. The van der Waals surface area contributed by atoms with E-state index in [0.29, 0.717) is 6.42 Å². The number of ether oxygens (including phenoxy) is 2. The van der Waals surface area contributed by atoms with Crippen molar-refractivity contribution in [3.63, 3.8) is 0 Å². The van der Waals surface area contributed by atoms with Crippen LogP contribution in [0.2, 0.25) is 0 Å². The lowest BCUT2D eigenvalue weighted by molar-refractivity contribution is -0.357. The van der Waals surface area contributed by atoms with Gasteiger partial charge in [0.2, 0.25) is 0 Å². The van der Waals surface area contributed by atoms with Crippen LogP contribution in [0.25, 0.3) is 0 Å². The summed E-state index contributed by atoms with van der Waals surface area (Å²) in [6, 6.07) is 0. The zero-order valence-electron chi connectivity index (χ0n) is 12.5. The van der Waals surface area contributed by atoms with Gasteiger partial charge in [-0.25, -0.2) is 4.79 Å². The van der Waals surface area contributed by atoms with Crippen molar-refractivity contribution in [2.45, 2.75) is 45.1 Å². The zero-order chi connectivity index (χ0) is 18.7. The summed E-state index contributed by atoms with van der Waals surface area (Å²) >= 11 is 0. The molecule has 0 radical (unpaired) electrons. The lowest BCUT2D eigenvalue weighted by atomic mass is 9.91. The molecule has 0 aliphatic heterocycles. The predicted octanol–water partition coefficient (Wildman–Crippen LogP) is 2.36. The number of alkyl halides is 6. The van der Waals surface area contributed by atoms with Gasteiger partial charge in [0, 0.05) is 0 Å². The predicted molar refractivity (Wildman–Crippen MR) is 63.0 cm³/mol. The highest BCUT2D eigenvalue weighted by Crippen LogP contribution is 2.43.